The number of benzene rings is 2. The Bertz CT molecular complexity index is 499. The fourth-order valence-corrected chi connectivity index (χ4v) is 1.87. The second kappa shape index (κ2) is 5.71. The van der Waals surface area contributed by atoms with E-state index < -0.39 is 0 Å². The maximum atomic E-state index is 9.20. The van der Waals surface area contributed by atoms with Crippen LogP contribution in [0.1, 0.15) is 11.1 Å². The lowest BCUT2D eigenvalue weighted by Crippen LogP contribution is -2.02. The Hall–Kier alpha value is -1.51. The molecule has 2 aromatic carbocycles. The van der Waals surface area contributed by atoms with Crippen molar-refractivity contribution in [3.8, 4) is 0 Å². The SMILES string of the molecule is OCc1ccccc1NCc1ccccc1Cl. The standard InChI is InChI=1S/C14H14ClNO/c15-13-7-3-1-5-11(13)9-16-14-8-4-2-6-12(14)10-17/h1-8,16-17H,9-10H2. The monoisotopic (exact) mass is 247 g/mol. The van der Waals surface area contributed by atoms with Crippen LogP contribution in [0, 0.1) is 0 Å². The third-order valence-corrected chi connectivity index (χ3v) is 2.98. The average Bonchev–Trinajstić information content (AvgIpc) is 2.38. The fourth-order valence-electron chi connectivity index (χ4n) is 1.66. The minimum absolute atomic E-state index is 0.0334. The van der Waals surface area contributed by atoms with Gasteiger partial charge in [0.2, 0.25) is 0 Å². The van der Waals surface area contributed by atoms with Crippen molar-refractivity contribution in [3.63, 3.8) is 0 Å². The van der Waals surface area contributed by atoms with E-state index in [-0.39, 0.29) is 6.61 Å². The van der Waals surface area contributed by atoms with Gasteiger partial charge in [-0.2, -0.15) is 0 Å². The minimum atomic E-state index is 0.0334. The summed E-state index contributed by atoms with van der Waals surface area (Å²) < 4.78 is 0. The molecule has 0 unspecified atom stereocenters. The Labute approximate surface area is 106 Å². The van der Waals surface area contributed by atoms with Gasteiger partial charge >= 0.3 is 0 Å². The van der Waals surface area contributed by atoms with Gasteiger partial charge in [-0.15, -0.1) is 0 Å². The molecule has 17 heavy (non-hydrogen) atoms. The van der Waals surface area contributed by atoms with Crippen molar-refractivity contribution in [2.75, 3.05) is 5.32 Å². The van der Waals surface area contributed by atoms with Gasteiger partial charge in [0.15, 0.2) is 0 Å². The van der Waals surface area contributed by atoms with E-state index in [1.165, 1.54) is 0 Å². The molecule has 0 spiro atoms. The Morgan fingerprint density at radius 3 is 2.29 bits per heavy atom. The average molecular weight is 248 g/mol. The number of halogens is 1. The van der Waals surface area contributed by atoms with Gasteiger partial charge < -0.3 is 10.4 Å². The first kappa shape index (κ1) is 12.0. The van der Waals surface area contributed by atoms with E-state index in [4.69, 9.17) is 11.6 Å². The Morgan fingerprint density at radius 1 is 0.941 bits per heavy atom. The molecule has 0 aliphatic heterocycles. The summed E-state index contributed by atoms with van der Waals surface area (Å²) in [7, 11) is 0. The lowest BCUT2D eigenvalue weighted by Gasteiger charge is -2.11. The van der Waals surface area contributed by atoms with Crippen LogP contribution in [-0.2, 0) is 13.2 Å². The minimum Gasteiger partial charge on any atom is -0.392 e. The molecular weight excluding hydrogens is 234 g/mol. The number of hydrogen-bond donors (Lipinski definition) is 2. The summed E-state index contributed by atoms with van der Waals surface area (Å²) >= 11 is 6.07. The van der Waals surface area contributed by atoms with Crippen molar-refractivity contribution in [2.45, 2.75) is 13.2 Å². The van der Waals surface area contributed by atoms with Gasteiger partial charge in [-0.1, -0.05) is 48.0 Å². The number of anilines is 1. The molecule has 2 rings (SSSR count). The number of hydrogen-bond acceptors (Lipinski definition) is 2. The molecule has 0 aliphatic carbocycles. The smallest absolute Gasteiger partial charge is 0.0701 e. The molecule has 2 nitrogen and oxygen atoms in total. The van der Waals surface area contributed by atoms with Crippen LogP contribution in [0.25, 0.3) is 0 Å². The lowest BCUT2D eigenvalue weighted by atomic mass is 10.1. The number of nitrogens with one attached hydrogen (secondary N) is 1. The van der Waals surface area contributed by atoms with Crippen molar-refractivity contribution in [1.82, 2.24) is 0 Å². The summed E-state index contributed by atoms with van der Waals surface area (Å²) in [6.45, 7) is 0.683. The molecule has 0 bridgehead atoms. The van der Waals surface area contributed by atoms with E-state index in [9.17, 15) is 5.11 Å². The van der Waals surface area contributed by atoms with Crippen LogP contribution in [0.3, 0.4) is 0 Å². The molecule has 0 heterocycles. The highest BCUT2D eigenvalue weighted by Crippen LogP contribution is 2.19. The van der Waals surface area contributed by atoms with E-state index in [1.54, 1.807) is 0 Å². The van der Waals surface area contributed by atoms with Gasteiger partial charge in [-0.3, -0.25) is 0 Å². The first-order valence-electron chi connectivity index (χ1n) is 5.47. The molecule has 0 radical (unpaired) electrons. The largest absolute Gasteiger partial charge is 0.392 e. The fraction of sp³-hybridized carbons (Fsp3) is 0.143. The van der Waals surface area contributed by atoms with Gasteiger partial charge in [0, 0.05) is 22.8 Å². The molecule has 0 fully saturated rings. The van der Waals surface area contributed by atoms with Crippen molar-refractivity contribution in [2.24, 2.45) is 0 Å². The van der Waals surface area contributed by atoms with Gasteiger partial charge in [0.25, 0.3) is 0 Å². The Kier molecular flexibility index (Phi) is 4.02. The second-order valence-electron chi connectivity index (χ2n) is 3.76. The van der Waals surface area contributed by atoms with Crippen LogP contribution in [0.15, 0.2) is 48.5 Å². The highest BCUT2D eigenvalue weighted by Gasteiger charge is 2.02. The van der Waals surface area contributed by atoms with E-state index >= 15 is 0 Å². The third kappa shape index (κ3) is 2.99. The van der Waals surface area contributed by atoms with E-state index in [0.717, 1.165) is 21.8 Å². The zero-order valence-corrected chi connectivity index (χ0v) is 10.1. The molecule has 0 saturated heterocycles. The van der Waals surface area contributed by atoms with Crippen molar-refractivity contribution in [3.05, 3.63) is 64.7 Å². The quantitative estimate of drug-likeness (QED) is 0.868. The van der Waals surface area contributed by atoms with Gasteiger partial charge in [-0.25, -0.2) is 0 Å². The molecule has 0 atom stereocenters. The predicted octanol–water partition coefficient (Wildman–Crippen LogP) is 3.44. The molecule has 3 heteroatoms. The molecular formula is C14H14ClNO. The van der Waals surface area contributed by atoms with Crippen LogP contribution in [-0.4, -0.2) is 5.11 Å². The number of para-hydroxylation sites is 1. The first-order chi connectivity index (χ1) is 8.31. The maximum Gasteiger partial charge on any atom is 0.0701 e. The number of aliphatic hydroxyl groups excluding tert-OH is 1. The summed E-state index contributed by atoms with van der Waals surface area (Å²) in [5, 5.41) is 13.2. The molecule has 0 saturated carbocycles. The Balaban J connectivity index is 2.10. The summed E-state index contributed by atoms with van der Waals surface area (Å²) in [6, 6.07) is 15.4. The van der Waals surface area contributed by atoms with E-state index in [0.29, 0.717) is 6.54 Å². The second-order valence-corrected chi connectivity index (χ2v) is 4.17. The summed E-state index contributed by atoms with van der Waals surface area (Å²) in [5.74, 6) is 0. The summed E-state index contributed by atoms with van der Waals surface area (Å²) in [5.41, 5.74) is 2.87. The van der Waals surface area contributed by atoms with Crippen LogP contribution in [0.5, 0.6) is 0 Å². The summed E-state index contributed by atoms with van der Waals surface area (Å²) in [6.07, 6.45) is 0. The van der Waals surface area contributed by atoms with Crippen LogP contribution in [0.2, 0.25) is 5.02 Å². The van der Waals surface area contributed by atoms with Gasteiger partial charge in [0.1, 0.15) is 0 Å². The predicted molar refractivity (Wildman–Crippen MR) is 71.1 cm³/mol. The number of aliphatic hydroxyl groups is 1. The normalized spacial score (nSPS) is 10.2. The zero-order valence-electron chi connectivity index (χ0n) is 9.36. The molecule has 0 aliphatic rings. The highest BCUT2D eigenvalue weighted by molar-refractivity contribution is 6.31. The molecule has 2 aromatic rings. The summed E-state index contributed by atoms with van der Waals surface area (Å²) in [4.78, 5) is 0. The lowest BCUT2D eigenvalue weighted by molar-refractivity contribution is 0.282. The third-order valence-electron chi connectivity index (χ3n) is 2.61. The van der Waals surface area contributed by atoms with E-state index in [1.807, 2.05) is 48.5 Å². The zero-order chi connectivity index (χ0) is 12.1. The Morgan fingerprint density at radius 2 is 1.59 bits per heavy atom. The maximum absolute atomic E-state index is 9.20. The van der Waals surface area contributed by atoms with Gasteiger partial charge in [0.05, 0.1) is 6.61 Å². The molecule has 0 aromatic heterocycles. The van der Waals surface area contributed by atoms with Crippen molar-refractivity contribution < 1.29 is 5.11 Å². The topological polar surface area (TPSA) is 32.3 Å². The van der Waals surface area contributed by atoms with E-state index in [2.05, 4.69) is 5.32 Å². The van der Waals surface area contributed by atoms with Crippen molar-refractivity contribution >= 4 is 17.3 Å². The molecule has 88 valence electrons. The van der Waals surface area contributed by atoms with Gasteiger partial charge in [-0.05, 0) is 17.7 Å². The molecule has 0 amide bonds. The van der Waals surface area contributed by atoms with Crippen LogP contribution >= 0.6 is 11.6 Å². The highest BCUT2D eigenvalue weighted by atomic mass is 35.5. The van der Waals surface area contributed by atoms with Crippen LogP contribution < -0.4 is 5.32 Å². The number of rotatable bonds is 4. The van der Waals surface area contributed by atoms with Crippen molar-refractivity contribution in [1.29, 1.82) is 0 Å². The van der Waals surface area contributed by atoms with Crippen LogP contribution in [0.4, 0.5) is 5.69 Å². The molecule has 2 N–H and O–H groups in total. The first-order valence-corrected chi connectivity index (χ1v) is 5.85.